The molecule has 1 aliphatic carbocycles. The molecule has 160 valence electrons. The van der Waals surface area contributed by atoms with Crippen LogP contribution in [0.15, 0.2) is 48.5 Å². The second-order valence-corrected chi connectivity index (χ2v) is 8.43. The Balaban J connectivity index is 1.39. The van der Waals surface area contributed by atoms with Crippen LogP contribution in [0.2, 0.25) is 0 Å². The summed E-state index contributed by atoms with van der Waals surface area (Å²) >= 11 is 0. The van der Waals surface area contributed by atoms with Gasteiger partial charge in [0.2, 0.25) is 0 Å². The van der Waals surface area contributed by atoms with Gasteiger partial charge in [-0.1, -0.05) is 18.2 Å². The molecule has 6 heteroatoms. The molecule has 1 fully saturated rings. The highest BCUT2D eigenvalue weighted by Gasteiger charge is 2.30. The van der Waals surface area contributed by atoms with Gasteiger partial charge in [0.05, 0.1) is 5.69 Å². The van der Waals surface area contributed by atoms with E-state index in [4.69, 9.17) is 5.10 Å². The fraction of sp³-hybridized carbons (Fsp3) is 0.360. The zero-order valence-electron chi connectivity index (χ0n) is 17.9. The Morgan fingerprint density at radius 2 is 1.74 bits per heavy atom. The molecule has 0 saturated carbocycles. The summed E-state index contributed by atoms with van der Waals surface area (Å²) in [6, 6.07) is 14.8. The minimum Gasteiger partial charge on any atom is -0.370 e. The highest BCUT2D eigenvalue weighted by Crippen LogP contribution is 2.30. The Morgan fingerprint density at radius 1 is 0.935 bits per heavy atom. The molecule has 0 radical (unpaired) electrons. The average molecular weight is 419 g/mol. The standard InChI is InChI=1S/C25H27FN4O/c1-18-6-2-3-8-22(18)30-23-9-4-7-21(23)24(27-30)25(31)29-15-5-14-28(16-17-29)20-12-10-19(26)11-13-20/h2-3,6,8,10-13H,4-5,7,9,14-17H2,1H3. The normalized spacial score (nSPS) is 16.3. The largest absolute Gasteiger partial charge is 0.370 e. The van der Waals surface area contributed by atoms with Crippen molar-refractivity contribution in [3.8, 4) is 5.69 Å². The molecule has 2 heterocycles. The molecule has 31 heavy (non-hydrogen) atoms. The lowest BCUT2D eigenvalue weighted by molar-refractivity contribution is 0.0759. The van der Waals surface area contributed by atoms with E-state index in [2.05, 4.69) is 24.0 Å². The van der Waals surface area contributed by atoms with E-state index in [1.165, 1.54) is 17.8 Å². The van der Waals surface area contributed by atoms with E-state index < -0.39 is 0 Å². The summed E-state index contributed by atoms with van der Waals surface area (Å²) in [5, 5.41) is 4.83. The zero-order valence-corrected chi connectivity index (χ0v) is 17.9. The number of carbonyl (C=O) groups excluding carboxylic acids is 1. The van der Waals surface area contributed by atoms with E-state index in [1.54, 1.807) is 0 Å². The molecule has 3 aromatic rings. The van der Waals surface area contributed by atoms with Gasteiger partial charge in [-0.25, -0.2) is 9.07 Å². The number of halogens is 1. The first-order valence-corrected chi connectivity index (χ1v) is 11.1. The van der Waals surface area contributed by atoms with Gasteiger partial charge in [0.1, 0.15) is 5.82 Å². The third-order valence-corrected chi connectivity index (χ3v) is 6.45. The number of anilines is 1. The third kappa shape index (κ3) is 3.71. The van der Waals surface area contributed by atoms with E-state index in [1.807, 2.05) is 33.8 Å². The molecule has 5 rings (SSSR count). The SMILES string of the molecule is Cc1ccccc1-n1nc(C(=O)N2CCCN(c3ccc(F)cc3)CC2)c2c1CCC2. The van der Waals surface area contributed by atoms with Crippen molar-refractivity contribution in [3.05, 3.63) is 76.9 Å². The number of aryl methyl sites for hydroxylation is 1. The quantitative estimate of drug-likeness (QED) is 0.641. The number of carbonyl (C=O) groups is 1. The maximum atomic E-state index is 13.5. The first-order chi connectivity index (χ1) is 15.1. The summed E-state index contributed by atoms with van der Waals surface area (Å²) < 4.78 is 15.3. The molecule has 5 nitrogen and oxygen atoms in total. The van der Waals surface area contributed by atoms with Gasteiger partial charge in [-0.15, -0.1) is 0 Å². The maximum absolute atomic E-state index is 13.5. The van der Waals surface area contributed by atoms with Crippen LogP contribution in [0, 0.1) is 12.7 Å². The van der Waals surface area contributed by atoms with Crippen LogP contribution in [0.25, 0.3) is 5.69 Å². The number of hydrogen-bond donors (Lipinski definition) is 0. The van der Waals surface area contributed by atoms with Gasteiger partial charge in [-0.05, 0) is 68.5 Å². The summed E-state index contributed by atoms with van der Waals surface area (Å²) in [5.74, 6) is -0.195. The van der Waals surface area contributed by atoms with E-state index >= 15 is 0 Å². The number of benzene rings is 2. The number of amides is 1. The summed E-state index contributed by atoms with van der Waals surface area (Å²) in [6.45, 7) is 5.02. The second kappa shape index (κ2) is 8.17. The molecular formula is C25H27FN4O. The van der Waals surface area contributed by atoms with Crippen LogP contribution < -0.4 is 4.90 Å². The summed E-state index contributed by atoms with van der Waals surface area (Å²) in [6.07, 6.45) is 3.82. The number of nitrogens with zero attached hydrogens (tertiary/aromatic N) is 4. The van der Waals surface area contributed by atoms with Crippen LogP contribution in [0.5, 0.6) is 0 Å². The number of hydrogen-bond acceptors (Lipinski definition) is 3. The van der Waals surface area contributed by atoms with Crippen molar-refractivity contribution < 1.29 is 9.18 Å². The predicted molar refractivity (Wildman–Crippen MR) is 119 cm³/mol. The maximum Gasteiger partial charge on any atom is 0.274 e. The van der Waals surface area contributed by atoms with Crippen molar-refractivity contribution in [1.29, 1.82) is 0 Å². The van der Waals surface area contributed by atoms with Crippen molar-refractivity contribution in [3.63, 3.8) is 0 Å². The van der Waals surface area contributed by atoms with Crippen molar-refractivity contribution in [2.24, 2.45) is 0 Å². The molecule has 1 aliphatic heterocycles. The lowest BCUT2D eigenvalue weighted by atomic mass is 10.1. The molecular weight excluding hydrogens is 391 g/mol. The Labute approximate surface area is 182 Å². The molecule has 0 unspecified atom stereocenters. The molecule has 2 aliphatic rings. The van der Waals surface area contributed by atoms with Crippen molar-refractivity contribution in [2.75, 3.05) is 31.1 Å². The summed E-state index contributed by atoms with van der Waals surface area (Å²) in [4.78, 5) is 17.7. The predicted octanol–water partition coefficient (Wildman–Crippen LogP) is 4.16. The Bertz CT molecular complexity index is 1110. The van der Waals surface area contributed by atoms with Crippen LogP contribution in [0.4, 0.5) is 10.1 Å². The van der Waals surface area contributed by atoms with Crippen LogP contribution in [0.3, 0.4) is 0 Å². The zero-order chi connectivity index (χ0) is 21.4. The second-order valence-electron chi connectivity index (χ2n) is 8.43. The van der Waals surface area contributed by atoms with Crippen molar-refractivity contribution in [1.82, 2.24) is 14.7 Å². The minimum atomic E-state index is -0.228. The van der Waals surface area contributed by atoms with Crippen LogP contribution in [-0.4, -0.2) is 46.8 Å². The number of fused-ring (bicyclic) bond motifs is 1. The van der Waals surface area contributed by atoms with Gasteiger partial charge < -0.3 is 9.80 Å². The van der Waals surface area contributed by atoms with E-state index in [0.717, 1.165) is 61.3 Å². The highest BCUT2D eigenvalue weighted by atomic mass is 19.1. The van der Waals surface area contributed by atoms with Crippen LogP contribution in [-0.2, 0) is 12.8 Å². The number of para-hydroxylation sites is 1. The van der Waals surface area contributed by atoms with Gasteiger partial charge >= 0.3 is 0 Å². The fourth-order valence-electron chi connectivity index (χ4n) is 4.79. The van der Waals surface area contributed by atoms with Gasteiger partial charge in [0.25, 0.3) is 5.91 Å². The molecule has 1 saturated heterocycles. The Morgan fingerprint density at radius 3 is 2.55 bits per heavy atom. The number of aromatic nitrogens is 2. The van der Waals surface area contributed by atoms with Crippen LogP contribution in [0.1, 0.15) is 40.2 Å². The lowest BCUT2D eigenvalue weighted by Crippen LogP contribution is -2.36. The third-order valence-electron chi connectivity index (χ3n) is 6.45. The first-order valence-electron chi connectivity index (χ1n) is 11.1. The van der Waals surface area contributed by atoms with Gasteiger partial charge in [-0.3, -0.25) is 4.79 Å². The summed E-state index contributed by atoms with van der Waals surface area (Å²) in [7, 11) is 0. The molecule has 0 N–H and O–H groups in total. The lowest BCUT2D eigenvalue weighted by Gasteiger charge is -2.23. The van der Waals surface area contributed by atoms with Gasteiger partial charge in [-0.2, -0.15) is 5.10 Å². The fourth-order valence-corrected chi connectivity index (χ4v) is 4.79. The minimum absolute atomic E-state index is 0.0337. The monoisotopic (exact) mass is 418 g/mol. The van der Waals surface area contributed by atoms with E-state index in [9.17, 15) is 9.18 Å². The Kier molecular flexibility index (Phi) is 5.22. The molecule has 0 atom stereocenters. The van der Waals surface area contributed by atoms with Crippen molar-refractivity contribution in [2.45, 2.75) is 32.6 Å². The van der Waals surface area contributed by atoms with E-state index in [0.29, 0.717) is 18.8 Å². The highest BCUT2D eigenvalue weighted by molar-refractivity contribution is 5.94. The smallest absolute Gasteiger partial charge is 0.274 e. The Hall–Kier alpha value is -3.15. The molecule has 0 spiro atoms. The van der Waals surface area contributed by atoms with Gasteiger partial charge in [0.15, 0.2) is 5.69 Å². The molecule has 0 bridgehead atoms. The topological polar surface area (TPSA) is 41.4 Å². The van der Waals surface area contributed by atoms with Gasteiger partial charge in [0, 0.05) is 43.1 Å². The average Bonchev–Trinajstić information content (AvgIpc) is 3.30. The summed E-state index contributed by atoms with van der Waals surface area (Å²) in [5.41, 5.74) is 6.13. The molecule has 1 aromatic heterocycles. The molecule has 1 amide bonds. The van der Waals surface area contributed by atoms with E-state index in [-0.39, 0.29) is 11.7 Å². The van der Waals surface area contributed by atoms with Crippen LogP contribution >= 0.6 is 0 Å². The van der Waals surface area contributed by atoms with Crippen molar-refractivity contribution >= 4 is 11.6 Å². The molecule has 2 aromatic carbocycles. The number of rotatable bonds is 3. The first kappa shape index (κ1) is 19.8.